The van der Waals surface area contributed by atoms with Gasteiger partial charge in [0.25, 0.3) is 0 Å². The SMILES string of the molecule is C/C=C(C)/C(Cl)=C(/c1ccccc1)c1ccc(OCCN2CCOCC2)cc1. The predicted molar refractivity (Wildman–Crippen MR) is 117 cm³/mol. The Kier molecular flexibility index (Phi) is 7.72. The molecule has 148 valence electrons. The van der Waals surface area contributed by atoms with E-state index in [1.54, 1.807) is 0 Å². The largest absolute Gasteiger partial charge is 0.492 e. The Morgan fingerprint density at radius 1 is 1.04 bits per heavy atom. The fraction of sp³-hybridized carbons (Fsp3) is 0.333. The molecule has 0 atom stereocenters. The second-order valence-corrected chi connectivity index (χ2v) is 7.23. The van der Waals surface area contributed by atoms with Crippen molar-refractivity contribution < 1.29 is 9.47 Å². The standard InChI is InChI=1S/C24H28ClNO2/c1-3-19(2)24(25)23(20-7-5-4-6-8-20)21-9-11-22(12-10-21)28-18-15-26-13-16-27-17-14-26/h3-12H,13-18H2,1-2H3/b19-3+,24-23+. The van der Waals surface area contributed by atoms with Crippen molar-refractivity contribution in [1.29, 1.82) is 0 Å². The third kappa shape index (κ3) is 5.48. The van der Waals surface area contributed by atoms with Gasteiger partial charge < -0.3 is 9.47 Å². The highest BCUT2D eigenvalue weighted by atomic mass is 35.5. The summed E-state index contributed by atoms with van der Waals surface area (Å²) in [4.78, 5) is 2.37. The molecule has 3 nitrogen and oxygen atoms in total. The zero-order chi connectivity index (χ0) is 19.8. The van der Waals surface area contributed by atoms with Crippen LogP contribution in [0.4, 0.5) is 0 Å². The smallest absolute Gasteiger partial charge is 0.119 e. The van der Waals surface area contributed by atoms with Crippen LogP contribution in [0.3, 0.4) is 0 Å². The highest BCUT2D eigenvalue weighted by Crippen LogP contribution is 2.33. The lowest BCUT2D eigenvalue weighted by Crippen LogP contribution is -2.38. The molecule has 0 N–H and O–H groups in total. The van der Waals surface area contributed by atoms with Crippen LogP contribution in [-0.2, 0) is 4.74 Å². The number of hydrogen-bond donors (Lipinski definition) is 0. The maximum atomic E-state index is 6.74. The lowest BCUT2D eigenvalue weighted by Gasteiger charge is -2.26. The molecule has 1 fully saturated rings. The summed E-state index contributed by atoms with van der Waals surface area (Å²) in [5, 5.41) is 0.773. The number of nitrogens with zero attached hydrogens (tertiary/aromatic N) is 1. The second-order valence-electron chi connectivity index (χ2n) is 6.85. The molecular formula is C24H28ClNO2. The van der Waals surface area contributed by atoms with Crippen molar-refractivity contribution in [3.05, 3.63) is 82.4 Å². The molecule has 0 bridgehead atoms. The lowest BCUT2D eigenvalue weighted by molar-refractivity contribution is 0.0322. The number of allylic oxidation sites excluding steroid dienone is 3. The Labute approximate surface area is 173 Å². The minimum absolute atomic E-state index is 0.680. The molecule has 0 spiro atoms. The predicted octanol–water partition coefficient (Wildman–Crippen LogP) is 5.36. The molecule has 2 aromatic rings. The normalized spacial score (nSPS) is 16.6. The van der Waals surface area contributed by atoms with E-state index in [-0.39, 0.29) is 0 Å². The molecule has 1 heterocycles. The van der Waals surface area contributed by atoms with Crippen molar-refractivity contribution >= 4 is 17.2 Å². The lowest BCUT2D eigenvalue weighted by atomic mass is 9.95. The Hall–Kier alpha value is -2.07. The van der Waals surface area contributed by atoms with E-state index in [0.717, 1.165) is 65.9 Å². The Bertz CT molecular complexity index is 806. The van der Waals surface area contributed by atoms with Crippen LogP contribution < -0.4 is 4.74 Å². The van der Waals surface area contributed by atoms with Crippen LogP contribution in [0.5, 0.6) is 5.75 Å². The van der Waals surface area contributed by atoms with Crippen molar-refractivity contribution in [2.24, 2.45) is 0 Å². The summed E-state index contributed by atoms with van der Waals surface area (Å²) in [7, 11) is 0. The average molecular weight is 398 g/mol. The van der Waals surface area contributed by atoms with Crippen LogP contribution in [0, 0.1) is 0 Å². The topological polar surface area (TPSA) is 21.7 Å². The van der Waals surface area contributed by atoms with Crippen molar-refractivity contribution in [3.8, 4) is 5.75 Å². The van der Waals surface area contributed by atoms with Crippen LogP contribution in [0.15, 0.2) is 71.3 Å². The fourth-order valence-electron chi connectivity index (χ4n) is 3.18. The molecule has 0 saturated carbocycles. The van der Waals surface area contributed by atoms with Crippen LogP contribution in [0.25, 0.3) is 5.57 Å². The second kappa shape index (κ2) is 10.5. The van der Waals surface area contributed by atoms with E-state index < -0.39 is 0 Å². The first-order chi connectivity index (χ1) is 13.7. The van der Waals surface area contributed by atoms with Crippen LogP contribution >= 0.6 is 11.6 Å². The van der Waals surface area contributed by atoms with Gasteiger partial charge in [-0.1, -0.05) is 60.1 Å². The molecule has 1 saturated heterocycles. The molecule has 1 aliphatic heterocycles. The van der Waals surface area contributed by atoms with E-state index in [1.165, 1.54) is 0 Å². The van der Waals surface area contributed by atoms with Gasteiger partial charge in [0.15, 0.2) is 0 Å². The van der Waals surface area contributed by atoms with Crippen LogP contribution in [0.2, 0.25) is 0 Å². The molecule has 2 aromatic carbocycles. The summed E-state index contributed by atoms with van der Waals surface area (Å²) in [5.74, 6) is 0.878. The van der Waals surface area contributed by atoms with Gasteiger partial charge in [0.2, 0.25) is 0 Å². The summed E-state index contributed by atoms with van der Waals surface area (Å²) in [6, 6.07) is 18.5. The highest BCUT2D eigenvalue weighted by molar-refractivity contribution is 6.35. The number of rotatable bonds is 7. The number of morpholine rings is 1. The summed E-state index contributed by atoms with van der Waals surface area (Å²) < 4.78 is 11.3. The van der Waals surface area contributed by atoms with Gasteiger partial charge in [-0.25, -0.2) is 0 Å². The van der Waals surface area contributed by atoms with Crippen molar-refractivity contribution in [3.63, 3.8) is 0 Å². The van der Waals surface area contributed by atoms with Gasteiger partial charge in [-0.15, -0.1) is 0 Å². The molecule has 4 heteroatoms. The molecule has 0 radical (unpaired) electrons. The first kappa shape index (κ1) is 20.7. The molecular weight excluding hydrogens is 370 g/mol. The van der Waals surface area contributed by atoms with Crippen molar-refractivity contribution in [2.45, 2.75) is 13.8 Å². The summed E-state index contributed by atoms with van der Waals surface area (Å²) in [6.07, 6.45) is 2.04. The molecule has 0 aliphatic carbocycles. The van der Waals surface area contributed by atoms with Gasteiger partial charge >= 0.3 is 0 Å². The number of hydrogen-bond acceptors (Lipinski definition) is 3. The minimum Gasteiger partial charge on any atom is -0.492 e. The molecule has 3 rings (SSSR count). The Balaban J connectivity index is 1.73. The van der Waals surface area contributed by atoms with Gasteiger partial charge in [0, 0.05) is 25.2 Å². The average Bonchev–Trinajstić information content (AvgIpc) is 2.76. The number of benzene rings is 2. The molecule has 0 amide bonds. The van der Waals surface area contributed by atoms with Crippen molar-refractivity contribution in [1.82, 2.24) is 4.90 Å². The zero-order valence-corrected chi connectivity index (χ0v) is 17.4. The molecule has 28 heavy (non-hydrogen) atoms. The van der Waals surface area contributed by atoms with Gasteiger partial charge in [-0.3, -0.25) is 4.90 Å². The van der Waals surface area contributed by atoms with E-state index in [1.807, 2.05) is 50.3 Å². The third-order valence-corrected chi connectivity index (χ3v) is 5.47. The molecule has 0 aromatic heterocycles. The molecule has 1 aliphatic rings. The molecule has 0 unspecified atom stereocenters. The van der Waals surface area contributed by atoms with Crippen LogP contribution in [0.1, 0.15) is 25.0 Å². The van der Waals surface area contributed by atoms with Gasteiger partial charge in [0.1, 0.15) is 12.4 Å². The van der Waals surface area contributed by atoms with Gasteiger partial charge in [0.05, 0.1) is 18.2 Å². The minimum atomic E-state index is 0.680. The fourth-order valence-corrected chi connectivity index (χ4v) is 3.51. The van der Waals surface area contributed by atoms with E-state index >= 15 is 0 Å². The van der Waals surface area contributed by atoms with E-state index in [0.29, 0.717) is 6.61 Å². The van der Waals surface area contributed by atoms with Gasteiger partial charge in [-0.05, 0) is 42.7 Å². The van der Waals surface area contributed by atoms with E-state index in [9.17, 15) is 0 Å². The number of halogens is 1. The maximum absolute atomic E-state index is 6.74. The van der Waals surface area contributed by atoms with E-state index in [2.05, 4.69) is 29.2 Å². The van der Waals surface area contributed by atoms with Crippen molar-refractivity contribution in [2.75, 3.05) is 39.5 Å². The first-order valence-electron chi connectivity index (χ1n) is 9.81. The summed E-state index contributed by atoms with van der Waals surface area (Å²) in [6.45, 7) is 9.24. The first-order valence-corrected chi connectivity index (χ1v) is 10.2. The maximum Gasteiger partial charge on any atom is 0.119 e. The number of ether oxygens (including phenoxy) is 2. The monoisotopic (exact) mass is 397 g/mol. The summed E-state index contributed by atoms with van der Waals surface area (Å²) >= 11 is 6.74. The highest BCUT2D eigenvalue weighted by Gasteiger charge is 2.13. The third-order valence-electron chi connectivity index (χ3n) is 4.98. The Morgan fingerprint density at radius 2 is 1.68 bits per heavy atom. The zero-order valence-electron chi connectivity index (χ0n) is 16.7. The van der Waals surface area contributed by atoms with E-state index in [4.69, 9.17) is 21.1 Å². The van der Waals surface area contributed by atoms with Crippen LogP contribution in [-0.4, -0.2) is 44.4 Å². The Morgan fingerprint density at radius 3 is 2.32 bits per heavy atom. The summed E-state index contributed by atoms with van der Waals surface area (Å²) in [5.41, 5.74) is 4.29. The van der Waals surface area contributed by atoms with Gasteiger partial charge in [-0.2, -0.15) is 0 Å². The quantitative estimate of drug-likeness (QED) is 0.587.